The molecule has 7 heteroatoms. The highest BCUT2D eigenvalue weighted by molar-refractivity contribution is 7.89. The minimum atomic E-state index is -3.50. The Labute approximate surface area is 174 Å². The SMILES string of the molecule is CCCCN(C)S(=O)(=O)c1ccc(NC(=O)CCc2ccc(N(C)C)cc2)cc1. The van der Waals surface area contributed by atoms with E-state index in [1.165, 1.54) is 16.4 Å². The number of sulfonamides is 1. The molecule has 0 spiro atoms. The highest BCUT2D eigenvalue weighted by atomic mass is 32.2. The van der Waals surface area contributed by atoms with Crippen molar-refractivity contribution in [3.8, 4) is 0 Å². The van der Waals surface area contributed by atoms with Gasteiger partial charge in [-0.05, 0) is 54.8 Å². The van der Waals surface area contributed by atoms with Gasteiger partial charge in [-0.15, -0.1) is 0 Å². The van der Waals surface area contributed by atoms with Gasteiger partial charge in [0, 0.05) is 45.5 Å². The van der Waals surface area contributed by atoms with E-state index < -0.39 is 10.0 Å². The average molecular weight is 418 g/mol. The largest absolute Gasteiger partial charge is 0.378 e. The molecule has 2 aromatic rings. The predicted octanol–water partition coefficient (Wildman–Crippen LogP) is 3.74. The molecule has 0 fully saturated rings. The second-order valence-corrected chi connectivity index (χ2v) is 9.36. The Morgan fingerprint density at radius 2 is 1.59 bits per heavy atom. The van der Waals surface area contributed by atoms with Crippen LogP contribution in [0.5, 0.6) is 0 Å². The molecule has 0 bridgehead atoms. The molecule has 2 aromatic carbocycles. The highest BCUT2D eigenvalue weighted by Crippen LogP contribution is 2.18. The number of anilines is 2. The van der Waals surface area contributed by atoms with Crippen LogP contribution in [0, 0.1) is 0 Å². The van der Waals surface area contributed by atoms with E-state index in [0.717, 1.165) is 24.1 Å². The second kappa shape index (κ2) is 10.4. The molecule has 6 nitrogen and oxygen atoms in total. The number of carbonyl (C=O) groups is 1. The molecule has 0 atom stereocenters. The van der Waals surface area contributed by atoms with Crippen LogP contribution in [0.4, 0.5) is 11.4 Å². The van der Waals surface area contributed by atoms with Crippen molar-refractivity contribution in [3.63, 3.8) is 0 Å². The number of rotatable bonds is 10. The van der Waals surface area contributed by atoms with E-state index in [1.54, 1.807) is 19.2 Å². The van der Waals surface area contributed by atoms with E-state index in [4.69, 9.17) is 0 Å². The summed E-state index contributed by atoms with van der Waals surface area (Å²) < 4.78 is 26.4. The maximum absolute atomic E-state index is 12.5. The monoisotopic (exact) mass is 417 g/mol. The van der Waals surface area contributed by atoms with Gasteiger partial charge in [0.25, 0.3) is 0 Å². The van der Waals surface area contributed by atoms with E-state index in [0.29, 0.717) is 25.1 Å². The molecule has 0 aliphatic heterocycles. The standard InChI is InChI=1S/C22H31N3O3S/c1-5-6-17-25(4)29(27,28)21-14-10-19(11-15-21)23-22(26)16-9-18-7-12-20(13-8-18)24(2)3/h7-8,10-15H,5-6,9,16-17H2,1-4H3,(H,23,26). The lowest BCUT2D eigenvalue weighted by molar-refractivity contribution is -0.116. The smallest absolute Gasteiger partial charge is 0.242 e. The third-order valence-electron chi connectivity index (χ3n) is 4.77. The zero-order valence-corrected chi connectivity index (χ0v) is 18.5. The molecule has 0 aliphatic carbocycles. The Morgan fingerprint density at radius 3 is 2.14 bits per heavy atom. The number of hydrogen-bond acceptors (Lipinski definition) is 4. The molecule has 158 valence electrons. The van der Waals surface area contributed by atoms with Gasteiger partial charge in [0.15, 0.2) is 0 Å². The lowest BCUT2D eigenvalue weighted by Crippen LogP contribution is -2.27. The zero-order chi connectivity index (χ0) is 21.4. The van der Waals surface area contributed by atoms with Gasteiger partial charge in [-0.25, -0.2) is 12.7 Å². The maximum atomic E-state index is 12.5. The van der Waals surface area contributed by atoms with Crippen molar-refractivity contribution in [3.05, 3.63) is 54.1 Å². The zero-order valence-electron chi connectivity index (χ0n) is 17.7. The lowest BCUT2D eigenvalue weighted by atomic mass is 10.1. The van der Waals surface area contributed by atoms with E-state index >= 15 is 0 Å². The Kier molecular flexibility index (Phi) is 8.22. The molecular weight excluding hydrogens is 386 g/mol. The number of aryl methyl sites for hydroxylation is 1. The van der Waals surface area contributed by atoms with Crippen molar-refractivity contribution < 1.29 is 13.2 Å². The summed E-state index contributed by atoms with van der Waals surface area (Å²) in [4.78, 5) is 14.5. The highest BCUT2D eigenvalue weighted by Gasteiger charge is 2.20. The first-order valence-electron chi connectivity index (χ1n) is 9.86. The van der Waals surface area contributed by atoms with Crippen LogP contribution in [0.2, 0.25) is 0 Å². The summed E-state index contributed by atoms with van der Waals surface area (Å²) in [5.74, 6) is -0.0997. The molecule has 0 saturated carbocycles. The van der Waals surface area contributed by atoms with Crippen LogP contribution in [0.3, 0.4) is 0 Å². The topological polar surface area (TPSA) is 69.7 Å². The molecule has 1 N–H and O–H groups in total. The van der Waals surface area contributed by atoms with E-state index in [2.05, 4.69) is 5.32 Å². The maximum Gasteiger partial charge on any atom is 0.242 e. The Hall–Kier alpha value is -2.38. The Balaban J connectivity index is 1.91. The Bertz CT molecular complexity index is 892. The van der Waals surface area contributed by atoms with Gasteiger partial charge in [0.2, 0.25) is 15.9 Å². The van der Waals surface area contributed by atoms with Crippen molar-refractivity contribution in [2.24, 2.45) is 0 Å². The summed E-state index contributed by atoms with van der Waals surface area (Å²) in [6.07, 6.45) is 2.77. The van der Waals surface area contributed by atoms with E-state index in [-0.39, 0.29) is 10.8 Å². The Morgan fingerprint density at radius 1 is 0.966 bits per heavy atom. The second-order valence-electron chi connectivity index (χ2n) is 7.31. The number of nitrogens with one attached hydrogen (secondary N) is 1. The number of carbonyl (C=O) groups excluding carboxylic acids is 1. The summed E-state index contributed by atoms with van der Waals surface area (Å²) in [5, 5.41) is 2.83. The summed E-state index contributed by atoms with van der Waals surface area (Å²) in [6.45, 7) is 2.52. The van der Waals surface area contributed by atoms with Crippen molar-refractivity contribution in [1.82, 2.24) is 4.31 Å². The minimum Gasteiger partial charge on any atom is -0.378 e. The van der Waals surface area contributed by atoms with E-state index in [9.17, 15) is 13.2 Å². The quantitative estimate of drug-likeness (QED) is 0.639. The van der Waals surface area contributed by atoms with Crippen molar-refractivity contribution in [2.45, 2.75) is 37.5 Å². The number of amides is 1. The van der Waals surface area contributed by atoms with Crippen LogP contribution >= 0.6 is 0 Å². The van der Waals surface area contributed by atoms with Crippen LogP contribution in [0.25, 0.3) is 0 Å². The lowest BCUT2D eigenvalue weighted by Gasteiger charge is -2.17. The van der Waals surface area contributed by atoms with Crippen LogP contribution in [-0.2, 0) is 21.2 Å². The minimum absolute atomic E-state index is 0.0997. The molecule has 0 unspecified atom stereocenters. The number of nitrogens with zero attached hydrogens (tertiary/aromatic N) is 2. The van der Waals surface area contributed by atoms with Crippen LogP contribution in [-0.4, -0.2) is 46.3 Å². The summed E-state index contributed by atoms with van der Waals surface area (Å²) in [5.41, 5.74) is 2.81. The van der Waals surface area contributed by atoms with Gasteiger partial charge < -0.3 is 10.2 Å². The van der Waals surface area contributed by atoms with Crippen molar-refractivity contribution >= 4 is 27.3 Å². The summed E-state index contributed by atoms with van der Waals surface area (Å²) in [7, 11) is 2.07. The van der Waals surface area contributed by atoms with Crippen LogP contribution < -0.4 is 10.2 Å². The molecule has 0 saturated heterocycles. The fourth-order valence-corrected chi connectivity index (χ4v) is 4.04. The van der Waals surface area contributed by atoms with Crippen LogP contribution in [0.15, 0.2) is 53.4 Å². The fraction of sp³-hybridized carbons (Fsp3) is 0.409. The predicted molar refractivity (Wildman–Crippen MR) is 119 cm³/mol. The van der Waals surface area contributed by atoms with Crippen molar-refractivity contribution in [1.29, 1.82) is 0 Å². The normalized spacial score (nSPS) is 11.5. The number of benzene rings is 2. The molecule has 0 radical (unpaired) electrons. The first-order valence-corrected chi connectivity index (χ1v) is 11.3. The summed E-state index contributed by atoms with van der Waals surface area (Å²) >= 11 is 0. The molecule has 0 heterocycles. The van der Waals surface area contributed by atoms with Gasteiger partial charge in [-0.3, -0.25) is 4.79 Å². The molecule has 0 aliphatic rings. The third kappa shape index (κ3) is 6.58. The molecule has 1 amide bonds. The number of hydrogen-bond donors (Lipinski definition) is 1. The summed E-state index contributed by atoms with van der Waals surface area (Å²) in [6, 6.07) is 14.4. The number of unbranched alkanes of at least 4 members (excludes halogenated alkanes) is 1. The third-order valence-corrected chi connectivity index (χ3v) is 6.64. The molecule has 29 heavy (non-hydrogen) atoms. The van der Waals surface area contributed by atoms with Gasteiger partial charge in [0.05, 0.1) is 4.90 Å². The van der Waals surface area contributed by atoms with Gasteiger partial charge in [-0.1, -0.05) is 25.5 Å². The van der Waals surface area contributed by atoms with Gasteiger partial charge in [0.1, 0.15) is 0 Å². The van der Waals surface area contributed by atoms with Crippen molar-refractivity contribution in [2.75, 3.05) is 37.9 Å². The van der Waals surface area contributed by atoms with Gasteiger partial charge in [-0.2, -0.15) is 0 Å². The first-order chi connectivity index (χ1) is 13.7. The fourth-order valence-electron chi connectivity index (χ4n) is 2.83. The van der Waals surface area contributed by atoms with E-state index in [1.807, 2.05) is 50.2 Å². The average Bonchev–Trinajstić information content (AvgIpc) is 2.71. The molecular formula is C22H31N3O3S. The molecule has 0 aromatic heterocycles. The van der Waals surface area contributed by atoms with Gasteiger partial charge >= 0.3 is 0 Å². The molecule has 2 rings (SSSR count). The van der Waals surface area contributed by atoms with Crippen LogP contribution in [0.1, 0.15) is 31.7 Å². The first kappa shape index (κ1) is 22.9.